The summed E-state index contributed by atoms with van der Waals surface area (Å²) in [5.74, 6) is -3.36. The van der Waals surface area contributed by atoms with E-state index in [2.05, 4.69) is 6.92 Å². The Morgan fingerprint density at radius 3 is 2.29 bits per heavy atom. The highest BCUT2D eigenvalue weighted by Crippen LogP contribution is 2.69. The second-order valence-electron chi connectivity index (χ2n) is 12.8. The molecular formula is C31H44O11. The summed E-state index contributed by atoms with van der Waals surface area (Å²) in [7, 11) is 0. The predicted molar refractivity (Wildman–Crippen MR) is 146 cm³/mol. The molecule has 1 saturated heterocycles. The summed E-state index contributed by atoms with van der Waals surface area (Å²) in [5, 5.41) is 0. The normalized spacial score (nSPS) is 36.5. The lowest BCUT2D eigenvalue weighted by molar-refractivity contribution is -0.259. The fourth-order valence-corrected chi connectivity index (χ4v) is 7.71. The van der Waals surface area contributed by atoms with E-state index < -0.39 is 64.5 Å². The topological polar surface area (TPSA) is 144 Å². The van der Waals surface area contributed by atoms with E-state index in [1.807, 2.05) is 13.8 Å². The quantitative estimate of drug-likeness (QED) is 0.209. The molecule has 0 aromatic heterocycles. The van der Waals surface area contributed by atoms with Crippen molar-refractivity contribution in [2.24, 2.45) is 28.6 Å². The van der Waals surface area contributed by atoms with Crippen LogP contribution < -0.4 is 0 Å². The highest BCUT2D eigenvalue weighted by atomic mass is 16.6. The number of hydrogen-bond donors (Lipinski definition) is 0. The van der Waals surface area contributed by atoms with E-state index in [4.69, 9.17) is 28.4 Å². The van der Waals surface area contributed by atoms with Crippen LogP contribution in [0.25, 0.3) is 0 Å². The van der Waals surface area contributed by atoms with Crippen molar-refractivity contribution >= 4 is 29.8 Å². The first kappa shape index (κ1) is 32.0. The third-order valence-corrected chi connectivity index (χ3v) is 10.2. The standard InChI is InChI=1S/C31H44O11/c1-8-17(2)28(36)42-24(22-12-26(35)37-14-22)13-29(7)18(3)11-25(41-21(6)34)31(16-38-19(4)32)27(29)23(40-20(5)33)9-10-30(31)15-39-30/h12,17-18,23-25,27H,8-11,13-16H2,1-7H3/t17-,18+,23+,24-,25-,27+,29-,30-,31+/m0/s1. The van der Waals surface area contributed by atoms with E-state index in [1.165, 1.54) is 26.8 Å². The summed E-state index contributed by atoms with van der Waals surface area (Å²) in [6, 6.07) is 0. The molecule has 234 valence electrons. The number of cyclic esters (lactones) is 1. The van der Waals surface area contributed by atoms with Crippen molar-refractivity contribution < 1.29 is 52.4 Å². The molecule has 0 unspecified atom stereocenters. The second kappa shape index (κ2) is 12.0. The van der Waals surface area contributed by atoms with Gasteiger partial charge < -0.3 is 28.4 Å². The highest BCUT2D eigenvalue weighted by molar-refractivity contribution is 5.85. The van der Waals surface area contributed by atoms with Gasteiger partial charge in [0, 0.05) is 38.3 Å². The number of rotatable bonds is 10. The molecule has 11 heteroatoms. The minimum absolute atomic E-state index is 0.00149. The van der Waals surface area contributed by atoms with Crippen molar-refractivity contribution in [1.82, 2.24) is 0 Å². The third-order valence-electron chi connectivity index (χ3n) is 10.2. The van der Waals surface area contributed by atoms with Gasteiger partial charge in [0.1, 0.15) is 37.1 Å². The maximum Gasteiger partial charge on any atom is 0.331 e. The van der Waals surface area contributed by atoms with Crippen LogP contribution in [0.3, 0.4) is 0 Å². The summed E-state index contributed by atoms with van der Waals surface area (Å²) >= 11 is 0. The van der Waals surface area contributed by atoms with E-state index in [1.54, 1.807) is 6.92 Å². The van der Waals surface area contributed by atoms with Crippen LogP contribution in [-0.4, -0.2) is 73.6 Å². The highest BCUT2D eigenvalue weighted by Gasteiger charge is 2.77. The average Bonchev–Trinajstić information content (AvgIpc) is 3.56. The zero-order chi connectivity index (χ0) is 31.0. The molecule has 0 aromatic carbocycles. The Hall–Kier alpha value is -2.95. The molecule has 11 nitrogen and oxygen atoms in total. The van der Waals surface area contributed by atoms with Crippen LogP contribution in [0.2, 0.25) is 0 Å². The second-order valence-corrected chi connectivity index (χ2v) is 12.8. The van der Waals surface area contributed by atoms with Crippen molar-refractivity contribution in [2.75, 3.05) is 19.8 Å². The Labute approximate surface area is 246 Å². The van der Waals surface area contributed by atoms with E-state index in [0.717, 1.165) is 0 Å². The number of esters is 5. The maximum atomic E-state index is 13.1. The SMILES string of the molecule is CC[C@H](C)C(=O)O[C@@H](C[C@@]1(C)[C@H](C)C[C@H](OC(C)=O)[C@]2(COC(C)=O)[C@@H]1[C@H](OC(C)=O)CC[C@]21CO1)C1=CC(=O)OC1. The molecule has 3 fully saturated rings. The Bertz CT molecular complexity index is 1140. The van der Waals surface area contributed by atoms with Crippen molar-refractivity contribution in [1.29, 1.82) is 0 Å². The average molecular weight is 593 g/mol. The van der Waals surface area contributed by atoms with E-state index in [0.29, 0.717) is 37.9 Å². The van der Waals surface area contributed by atoms with Gasteiger partial charge >= 0.3 is 29.8 Å². The predicted octanol–water partition coefficient (Wildman–Crippen LogP) is 3.46. The molecule has 2 heterocycles. The number of ether oxygens (including phenoxy) is 6. The van der Waals surface area contributed by atoms with Crippen LogP contribution in [0.5, 0.6) is 0 Å². The zero-order valence-corrected chi connectivity index (χ0v) is 25.7. The number of carbonyl (C=O) groups is 5. The van der Waals surface area contributed by atoms with Gasteiger partial charge in [-0.05, 0) is 43.4 Å². The summed E-state index contributed by atoms with van der Waals surface area (Å²) < 4.78 is 35.2. The lowest BCUT2D eigenvalue weighted by Crippen LogP contribution is -2.71. The fraction of sp³-hybridized carbons (Fsp3) is 0.774. The van der Waals surface area contributed by atoms with Crippen LogP contribution >= 0.6 is 0 Å². The largest absolute Gasteiger partial charge is 0.465 e. The lowest BCUT2D eigenvalue weighted by Gasteiger charge is -2.64. The first-order valence-corrected chi connectivity index (χ1v) is 14.9. The summed E-state index contributed by atoms with van der Waals surface area (Å²) in [4.78, 5) is 62.3. The molecule has 0 radical (unpaired) electrons. The van der Waals surface area contributed by atoms with Crippen LogP contribution in [0.15, 0.2) is 11.6 Å². The zero-order valence-electron chi connectivity index (χ0n) is 25.7. The van der Waals surface area contributed by atoms with Gasteiger partial charge in [-0.15, -0.1) is 0 Å². The van der Waals surface area contributed by atoms with Crippen molar-refractivity contribution in [2.45, 2.75) is 104 Å². The molecule has 4 rings (SSSR count). The summed E-state index contributed by atoms with van der Waals surface area (Å²) in [5.41, 5.74) is -2.00. The fourth-order valence-electron chi connectivity index (χ4n) is 7.71. The lowest BCUT2D eigenvalue weighted by atomic mass is 9.42. The number of hydrogen-bond acceptors (Lipinski definition) is 11. The van der Waals surface area contributed by atoms with Gasteiger partial charge in [-0.1, -0.05) is 27.7 Å². The van der Waals surface area contributed by atoms with Gasteiger partial charge in [0.25, 0.3) is 0 Å². The molecule has 2 saturated carbocycles. The first-order chi connectivity index (χ1) is 19.7. The van der Waals surface area contributed by atoms with E-state index in [9.17, 15) is 24.0 Å². The van der Waals surface area contributed by atoms with Crippen LogP contribution in [0, 0.1) is 28.6 Å². The molecule has 2 aliphatic heterocycles. The molecule has 4 aliphatic rings. The molecular weight excluding hydrogens is 548 g/mol. The van der Waals surface area contributed by atoms with Crippen molar-refractivity contribution in [3.8, 4) is 0 Å². The van der Waals surface area contributed by atoms with E-state index in [-0.39, 0.29) is 37.4 Å². The number of fused-ring (bicyclic) bond motifs is 2. The molecule has 0 N–H and O–H groups in total. The van der Waals surface area contributed by atoms with Gasteiger partial charge in [-0.3, -0.25) is 19.2 Å². The first-order valence-electron chi connectivity index (χ1n) is 14.9. The van der Waals surface area contributed by atoms with Gasteiger partial charge in [0.05, 0.1) is 17.9 Å². The van der Waals surface area contributed by atoms with Crippen LogP contribution in [0.4, 0.5) is 0 Å². The van der Waals surface area contributed by atoms with Crippen LogP contribution in [0.1, 0.15) is 80.6 Å². The molecule has 0 amide bonds. The molecule has 9 atom stereocenters. The van der Waals surface area contributed by atoms with Crippen LogP contribution in [-0.2, 0) is 52.4 Å². The smallest absolute Gasteiger partial charge is 0.331 e. The minimum Gasteiger partial charge on any atom is -0.465 e. The van der Waals surface area contributed by atoms with E-state index >= 15 is 0 Å². The number of epoxide rings is 1. The molecule has 0 aromatic rings. The van der Waals surface area contributed by atoms with Crippen molar-refractivity contribution in [3.63, 3.8) is 0 Å². The Morgan fingerprint density at radius 1 is 1.10 bits per heavy atom. The number of carbonyl (C=O) groups excluding carboxylic acids is 5. The summed E-state index contributed by atoms with van der Waals surface area (Å²) in [6.07, 6.45) is 1.53. The third kappa shape index (κ3) is 5.81. The minimum atomic E-state index is -1.05. The van der Waals surface area contributed by atoms with Gasteiger partial charge in [0.2, 0.25) is 0 Å². The summed E-state index contributed by atoms with van der Waals surface area (Å²) in [6.45, 7) is 12.0. The van der Waals surface area contributed by atoms with Gasteiger partial charge in [0.15, 0.2) is 0 Å². The van der Waals surface area contributed by atoms with Gasteiger partial charge in [-0.2, -0.15) is 0 Å². The monoisotopic (exact) mass is 592 g/mol. The molecule has 0 bridgehead atoms. The molecule has 42 heavy (non-hydrogen) atoms. The molecule has 2 aliphatic carbocycles. The molecule has 1 spiro atoms. The Balaban J connectivity index is 1.87. The van der Waals surface area contributed by atoms with Crippen molar-refractivity contribution in [3.05, 3.63) is 11.6 Å². The Kier molecular flexibility index (Phi) is 9.11. The Morgan fingerprint density at radius 2 is 1.76 bits per heavy atom. The van der Waals surface area contributed by atoms with Gasteiger partial charge in [-0.25, -0.2) is 4.79 Å². The maximum absolute atomic E-state index is 13.1.